The first-order chi connectivity index (χ1) is 9.80. The summed E-state index contributed by atoms with van der Waals surface area (Å²) in [5.41, 5.74) is 6.55. The Balaban J connectivity index is 0.00000176. The predicted molar refractivity (Wildman–Crippen MR) is 94.1 cm³/mol. The molecule has 0 atom stereocenters. The molecule has 0 unspecified atom stereocenters. The molecule has 1 N–H and O–H groups in total. The van der Waals surface area contributed by atoms with Gasteiger partial charge in [0.1, 0.15) is 8.24 Å². The van der Waals surface area contributed by atoms with E-state index in [9.17, 15) is 0 Å². The first kappa shape index (κ1) is 24.1. The van der Waals surface area contributed by atoms with E-state index in [2.05, 4.69) is 87.4 Å². The first-order valence-corrected chi connectivity index (χ1v) is 10.8. The molecule has 24 heavy (non-hydrogen) atoms. The average molecular weight is 458 g/mol. The maximum Gasteiger partial charge on any atom is 2.00 e. The fraction of sp³-hybridized carbons (Fsp3) is 0.368. The molecule has 128 valence electrons. The van der Waals surface area contributed by atoms with Crippen LogP contribution in [-0.4, -0.2) is 13.8 Å². The Morgan fingerprint density at radius 1 is 0.792 bits per heavy atom. The second kappa shape index (κ2) is 8.64. The van der Waals surface area contributed by atoms with Crippen molar-refractivity contribution < 1.29 is 51.0 Å². The van der Waals surface area contributed by atoms with Crippen LogP contribution in [0.25, 0.3) is 11.1 Å². The Kier molecular flexibility index (Phi) is 8.67. The number of hydrogen-bond acceptors (Lipinski definition) is 1. The monoisotopic (exact) mass is 455 g/mol. The molecule has 0 saturated heterocycles. The second-order valence-electron chi connectivity index (χ2n) is 7.70. The summed E-state index contributed by atoms with van der Waals surface area (Å²) in [5, 5.41) is 0. The minimum atomic E-state index is -1.66. The van der Waals surface area contributed by atoms with Crippen LogP contribution in [0.15, 0.2) is 48.5 Å². The molecule has 0 fully saturated rings. The van der Waals surface area contributed by atoms with E-state index < -0.39 is 8.24 Å². The number of hydrogen-bond donors (Lipinski definition) is 1. The fourth-order valence-corrected chi connectivity index (χ4v) is 8.11. The van der Waals surface area contributed by atoms with E-state index >= 15 is 0 Å². The van der Waals surface area contributed by atoms with Crippen molar-refractivity contribution in [2.45, 2.75) is 44.9 Å². The van der Waals surface area contributed by atoms with Gasteiger partial charge in [-0.1, -0.05) is 61.6 Å². The van der Waals surface area contributed by atoms with Gasteiger partial charge in [0.05, 0.1) is 0 Å². The van der Waals surface area contributed by atoms with Crippen LogP contribution >= 0.6 is 0 Å². The van der Waals surface area contributed by atoms with Gasteiger partial charge in [-0.25, -0.2) is 0 Å². The summed E-state index contributed by atoms with van der Waals surface area (Å²) in [6, 6.07) is 17.9. The summed E-state index contributed by atoms with van der Waals surface area (Å²) < 4.78 is 0. The van der Waals surface area contributed by atoms with Crippen molar-refractivity contribution in [2.24, 2.45) is 0 Å². The quantitative estimate of drug-likeness (QED) is 0.567. The maximum atomic E-state index is 3.96. The van der Waals surface area contributed by atoms with Gasteiger partial charge in [-0.05, 0) is 43.0 Å². The van der Waals surface area contributed by atoms with Gasteiger partial charge in [-0.15, -0.1) is 0 Å². The van der Waals surface area contributed by atoms with Crippen LogP contribution in [0.1, 0.15) is 37.4 Å². The molecule has 0 saturated carbocycles. The van der Waals surface area contributed by atoms with Crippen LogP contribution in [0.2, 0.25) is 13.1 Å². The number of nitrogens with one attached hydrogen (secondary N) is 1. The van der Waals surface area contributed by atoms with Crippen LogP contribution in [0.4, 0.5) is 0 Å². The molecule has 1 nitrogen and oxygen atoms in total. The smallest absolute Gasteiger partial charge is 1.00 e. The number of fused-ring (bicyclic) bond motifs is 3. The molecule has 0 bridgehead atoms. The molecule has 0 spiro atoms. The van der Waals surface area contributed by atoms with E-state index in [4.69, 9.17) is 0 Å². The minimum absolute atomic E-state index is 0. The maximum absolute atomic E-state index is 3.96. The molecular weight excluding hydrogens is 432 g/mol. The summed E-state index contributed by atoms with van der Waals surface area (Å²) in [6.45, 7) is 11.7. The van der Waals surface area contributed by atoms with Gasteiger partial charge in [0.15, 0.2) is 0 Å². The molecule has 5 heteroatoms. The van der Waals surface area contributed by atoms with Gasteiger partial charge >= 0.3 is 26.2 Å². The normalized spacial score (nSPS) is 13.0. The SMILES string of the molecule is CC(C)(C)N[Si](C)(C)C1c2ccccc2-c2ccccc21.[Cl-].[Cl-].[Zr+2]. The van der Waals surface area contributed by atoms with Crippen molar-refractivity contribution in [3.63, 3.8) is 0 Å². The fourth-order valence-electron chi connectivity index (χ4n) is 3.97. The Morgan fingerprint density at radius 2 is 1.17 bits per heavy atom. The van der Waals surface area contributed by atoms with Crippen molar-refractivity contribution in [1.82, 2.24) is 4.98 Å². The van der Waals surface area contributed by atoms with E-state index in [1.54, 1.807) is 0 Å². The number of halogens is 2. The van der Waals surface area contributed by atoms with Crippen LogP contribution in [-0.2, 0) is 26.2 Å². The summed E-state index contributed by atoms with van der Waals surface area (Å²) in [4.78, 5) is 3.96. The van der Waals surface area contributed by atoms with E-state index in [1.165, 1.54) is 22.3 Å². The molecule has 3 rings (SSSR count). The molecule has 1 aliphatic rings. The Hall–Kier alpha value is 0.0800. The van der Waals surface area contributed by atoms with E-state index in [-0.39, 0.29) is 56.6 Å². The van der Waals surface area contributed by atoms with E-state index in [1.807, 2.05) is 0 Å². The molecule has 0 aromatic heterocycles. The van der Waals surface area contributed by atoms with Crippen molar-refractivity contribution in [3.8, 4) is 11.1 Å². The van der Waals surface area contributed by atoms with Gasteiger partial charge in [-0.2, -0.15) is 0 Å². The standard InChI is InChI=1S/C19H25NSi.2ClH.Zr/c1-19(2,3)20-21(4,5)18-16-12-8-6-10-14(16)15-11-7-9-13-17(15)18;;;/h6-13,18,20H,1-5H3;2*1H;/q;;;+2/p-2. The minimum Gasteiger partial charge on any atom is -1.00 e. The Bertz CT molecular complexity index is 638. The van der Waals surface area contributed by atoms with Gasteiger partial charge in [0.2, 0.25) is 0 Å². The van der Waals surface area contributed by atoms with Crippen molar-refractivity contribution in [1.29, 1.82) is 0 Å². The van der Waals surface area contributed by atoms with Gasteiger partial charge < -0.3 is 29.8 Å². The summed E-state index contributed by atoms with van der Waals surface area (Å²) in [7, 11) is -1.66. The van der Waals surface area contributed by atoms with Crippen molar-refractivity contribution in [2.75, 3.05) is 0 Å². The zero-order valence-electron chi connectivity index (χ0n) is 15.0. The average Bonchev–Trinajstić information content (AvgIpc) is 2.71. The van der Waals surface area contributed by atoms with Gasteiger partial charge in [-0.3, -0.25) is 0 Å². The van der Waals surface area contributed by atoms with Crippen LogP contribution in [0.5, 0.6) is 0 Å². The first-order valence-electron chi connectivity index (χ1n) is 7.77. The molecule has 0 amide bonds. The Morgan fingerprint density at radius 3 is 1.54 bits per heavy atom. The van der Waals surface area contributed by atoms with E-state index in [0.29, 0.717) is 5.54 Å². The third-order valence-corrected chi connectivity index (χ3v) is 7.71. The third kappa shape index (κ3) is 4.62. The van der Waals surface area contributed by atoms with E-state index in [0.717, 1.165) is 0 Å². The number of rotatable bonds is 2. The van der Waals surface area contributed by atoms with Crippen LogP contribution in [0.3, 0.4) is 0 Å². The summed E-state index contributed by atoms with van der Waals surface area (Å²) in [5.74, 6) is 0. The second-order valence-corrected chi connectivity index (χ2v) is 12.0. The molecule has 0 radical (unpaired) electrons. The zero-order chi connectivity index (χ0) is 15.3. The largest absolute Gasteiger partial charge is 2.00 e. The molecular formula is C19H25Cl2NSiZr. The zero-order valence-corrected chi connectivity index (χ0v) is 19.9. The topological polar surface area (TPSA) is 12.0 Å². The Labute approximate surface area is 179 Å². The summed E-state index contributed by atoms with van der Waals surface area (Å²) >= 11 is 0. The number of benzene rings is 2. The molecule has 1 aliphatic carbocycles. The van der Waals surface area contributed by atoms with Gasteiger partial charge in [0.25, 0.3) is 0 Å². The molecule has 2 aromatic carbocycles. The van der Waals surface area contributed by atoms with Crippen molar-refractivity contribution in [3.05, 3.63) is 59.7 Å². The van der Waals surface area contributed by atoms with Crippen molar-refractivity contribution >= 4 is 8.24 Å². The van der Waals surface area contributed by atoms with Gasteiger partial charge in [0, 0.05) is 11.1 Å². The van der Waals surface area contributed by atoms with Crippen LogP contribution < -0.4 is 29.8 Å². The molecule has 0 aliphatic heterocycles. The van der Waals surface area contributed by atoms with Crippen LogP contribution in [0, 0.1) is 0 Å². The third-order valence-electron chi connectivity index (χ3n) is 4.25. The summed E-state index contributed by atoms with van der Waals surface area (Å²) in [6.07, 6.45) is 0. The predicted octanol–water partition coefficient (Wildman–Crippen LogP) is -1.06. The molecule has 2 aromatic rings. The molecule has 0 heterocycles.